The fraction of sp³-hybridized carbons (Fsp3) is 0.125. The molecule has 0 saturated carbocycles. The molecule has 2 aromatic heterocycles. The largest absolute Gasteiger partial charge is 0.506 e. The van der Waals surface area contributed by atoms with Crippen LogP contribution in [0.2, 0.25) is 0 Å². The van der Waals surface area contributed by atoms with Crippen molar-refractivity contribution in [3.63, 3.8) is 0 Å². The summed E-state index contributed by atoms with van der Waals surface area (Å²) in [5, 5.41) is 11.5. The Morgan fingerprint density at radius 1 is 1.44 bits per heavy atom. The molecule has 0 spiro atoms. The van der Waals surface area contributed by atoms with Crippen molar-refractivity contribution < 1.29 is 23.1 Å². The lowest BCUT2D eigenvalue weighted by Crippen LogP contribution is -2.19. The molecule has 0 aliphatic carbocycles. The molecule has 0 aromatic carbocycles. The molecule has 0 unspecified atom stereocenters. The number of rotatable bonds is 1. The zero-order chi connectivity index (χ0) is 11.9. The molecule has 0 bridgehead atoms. The Bertz CT molecular complexity index is 561. The molecule has 84 valence electrons. The standard InChI is InChI=1S/C8H4F3N3O2/c9-8(10,11)14-6-4(2-1-3-12-6)5(13-14)7(15)16/h1-3H,(H,15,16). The number of alkyl halides is 3. The minimum absolute atomic E-state index is 0.146. The van der Waals surface area contributed by atoms with Gasteiger partial charge >= 0.3 is 12.3 Å². The zero-order valence-corrected chi connectivity index (χ0v) is 7.56. The van der Waals surface area contributed by atoms with E-state index in [1.165, 1.54) is 12.1 Å². The van der Waals surface area contributed by atoms with E-state index < -0.39 is 23.6 Å². The first-order valence-corrected chi connectivity index (χ1v) is 4.05. The lowest BCUT2D eigenvalue weighted by Gasteiger charge is -2.05. The molecule has 0 radical (unpaired) electrons. The van der Waals surface area contributed by atoms with Crippen molar-refractivity contribution in [2.24, 2.45) is 0 Å². The lowest BCUT2D eigenvalue weighted by molar-refractivity contribution is -0.209. The van der Waals surface area contributed by atoms with Crippen molar-refractivity contribution in [3.05, 3.63) is 24.0 Å². The molecule has 0 amide bonds. The highest BCUT2D eigenvalue weighted by Gasteiger charge is 2.36. The lowest BCUT2D eigenvalue weighted by atomic mass is 10.3. The number of carbonyl (C=O) groups is 1. The fourth-order valence-corrected chi connectivity index (χ4v) is 1.29. The quantitative estimate of drug-likeness (QED) is 0.809. The van der Waals surface area contributed by atoms with E-state index in [0.29, 0.717) is 0 Å². The zero-order valence-electron chi connectivity index (χ0n) is 7.56. The van der Waals surface area contributed by atoms with Crippen LogP contribution in [0.3, 0.4) is 0 Å². The number of hydrogen-bond acceptors (Lipinski definition) is 3. The monoisotopic (exact) mass is 231 g/mol. The number of hydrogen-bond donors (Lipinski definition) is 1. The van der Waals surface area contributed by atoms with Gasteiger partial charge in [-0.25, -0.2) is 9.78 Å². The van der Waals surface area contributed by atoms with E-state index in [-0.39, 0.29) is 10.1 Å². The van der Waals surface area contributed by atoms with E-state index in [1.807, 2.05) is 0 Å². The molecule has 16 heavy (non-hydrogen) atoms. The molecular weight excluding hydrogens is 227 g/mol. The van der Waals surface area contributed by atoms with Crippen LogP contribution in [0, 0.1) is 0 Å². The van der Waals surface area contributed by atoms with Crippen LogP contribution in [0.5, 0.6) is 0 Å². The normalized spacial score (nSPS) is 11.9. The molecule has 0 saturated heterocycles. The third-order valence-electron chi connectivity index (χ3n) is 1.89. The number of carboxylic acids is 1. The maximum absolute atomic E-state index is 12.5. The average molecular weight is 231 g/mol. The Morgan fingerprint density at radius 2 is 2.12 bits per heavy atom. The third kappa shape index (κ3) is 1.47. The Morgan fingerprint density at radius 3 is 2.69 bits per heavy atom. The molecule has 0 fully saturated rings. The van der Waals surface area contributed by atoms with Gasteiger partial charge in [-0.05, 0) is 12.1 Å². The summed E-state index contributed by atoms with van der Waals surface area (Å²) in [5.74, 6) is -1.53. The number of carboxylic acid groups (broad SMARTS) is 1. The number of aromatic nitrogens is 3. The van der Waals surface area contributed by atoms with E-state index in [4.69, 9.17) is 5.11 Å². The van der Waals surface area contributed by atoms with E-state index >= 15 is 0 Å². The van der Waals surface area contributed by atoms with Crippen LogP contribution in [0.25, 0.3) is 11.0 Å². The van der Waals surface area contributed by atoms with Gasteiger partial charge in [-0.15, -0.1) is 13.2 Å². The summed E-state index contributed by atoms with van der Waals surface area (Å²) in [4.78, 5) is 14.2. The predicted octanol–water partition coefficient (Wildman–Crippen LogP) is 1.61. The minimum Gasteiger partial charge on any atom is -0.476 e. The molecule has 0 aliphatic heterocycles. The summed E-state index contributed by atoms with van der Waals surface area (Å²) in [6, 6.07) is 2.57. The summed E-state index contributed by atoms with van der Waals surface area (Å²) < 4.78 is 37.0. The van der Waals surface area contributed by atoms with Crippen molar-refractivity contribution in [2.45, 2.75) is 6.30 Å². The van der Waals surface area contributed by atoms with Gasteiger partial charge in [0, 0.05) is 6.20 Å². The van der Waals surface area contributed by atoms with Gasteiger partial charge < -0.3 is 5.11 Å². The maximum atomic E-state index is 12.5. The van der Waals surface area contributed by atoms with Crippen LogP contribution in [-0.2, 0) is 6.30 Å². The first kappa shape index (κ1) is 10.4. The van der Waals surface area contributed by atoms with Crippen molar-refractivity contribution in [2.75, 3.05) is 0 Å². The van der Waals surface area contributed by atoms with Gasteiger partial charge in [-0.2, -0.15) is 9.78 Å². The third-order valence-corrected chi connectivity index (χ3v) is 1.89. The van der Waals surface area contributed by atoms with Crippen molar-refractivity contribution in [1.82, 2.24) is 14.8 Å². The van der Waals surface area contributed by atoms with Crippen LogP contribution in [-0.4, -0.2) is 25.8 Å². The molecule has 5 nitrogen and oxygen atoms in total. The Balaban J connectivity index is 2.82. The Labute approximate surface area is 86.1 Å². The van der Waals surface area contributed by atoms with Gasteiger partial charge in [0.15, 0.2) is 11.3 Å². The summed E-state index contributed by atoms with van der Waals surface area (Å²) in [6.07, 6.45) is -3.65. The van der Waals surface area contributed by atoms with E-state index in [9.17, 15) is 18.0 Å². The molecular formula is C8H4F3N3O2. The average Bonchev–Trinajstić information content (AvgIpc) is 2.56. The van der Waals surface area contributed by atoms with Gasteiger partial charge in [0.05, 0.1) is 5.39 Å². The number of pyridine rings is 1. The van der Waals surface area contributed by atoms with Crippen LogP contribution in [0.4, 0.5) is 13.2 Å². The molecule has 8 heteroatoms. The summed E-state index contributed by atoms with van der Waals surface area (Å²) in [7, 11) is 0. The van der Waals surface area contributed by atoms with Crippen LogP contribution < -0.4 is 0 Å². The van der Waals surface area contributed by atoms with Gasteiger partial charge in [0.1, 0.15) is 0 Å². The predicted molar refractivity (Wildman–Crippen MR) is 45.8 cm³/mol. The van der Waals surface area contributed by atoms with Crippen LogP contribution in [0.1, 0.15) is 10.5 Å². The second-order valence-corrected chi connectivity index (χ2v) is 2.91. The highest BCUT2D eigenvalue weighted by atomic mass is 19.4. The molecule has 2 rings (SSSR count). The first-order valence-electron chi connectivity index (χ1n) is 4.05. The smallest absolute Gasteiger partial charge is 0.476 e. The van der Waals surface area contributed by atoms with Gasteiger partial charge in [-0.1, -0.05) is 0 Å². The van der Waals surface area contributed by atoms with Crippen molar-refractivity contribution >= 4 is 17.0 Å². The summed E-state index contributed by atoms with van der Waals surface area (Å²) in [5.41, 5.74) is -1.19. The fourth-order valence-electron chi connectivity index (χ4n) is 1.29. The molecule has 1 N–H and O–H groups in total. The van der Waals surface area contributed by atoms with Crippen molar-refractivity contribution in [1.29, 1.82) is 0 Å². The van der Waals surface area contributed by atoms with Crippen LogP contribution in [0.15, 0.2) is 18.3 Å². The number of nitrogens with zero attached hydrogens (tertiary/aromatic N) is 3. The SMILES string of the molecule is O=C(O)c1nn(C(F)(F)F)c2ncccc12. The van der Waals surface area contributed by atoms with E-state index in [1.54, 1.807) is 0 Å². The second kappa shape index (κ2) is 3.19. The maximum Gasteiger partial charge on any atom is 0.506 e. The molecule has 2 aromatic rings. The van der Waals surface area contributed by atoms with E-state index in [2.05, 4.69) is 10.1 Å². The van der Waals surface area contributed by atoms with Gasteiger partial charge in [0.25, 0.3) is 0 Å². The number of aromatic carboxylic acids is 1. The highest BCUT2D eigenvalue weighted by molar-refractivity contribution is 5.99. The molecule has 0 atom stereocenters. The number of halogens is 3. The first-order chi connectivity index (χ1) is 7.41. The summed E-state index contributed by atoms with van der Waals surface area (Å²) in [6.45, 7) is 0. The molecule has 2 heterocycles. The Kier molecular flexibility index (Phi) is 2.07. The number of fused-ring (bicyclic) bond motifs is 1. The minimum atomic E-state index is -4.79. The highest BCUT2D eigenvalue weighted by Crippen LogP contribution is 2.27. The van der Waals surface area contributed by atoms with Crippen LogP contribution >= 0.6 is 0 Å². The summed E-state index contributed by atoms with van der Waals surface area (Å²) >= 11 is 0. The second-order valence-electron chi connectivity index (χ2n) is 2.91. The van der Waals surface area contributed by atoms with E-state index in [0.717, 1.165) is 6.20 Å². The van der Waals surface area contributed by atoms with Gasteiger partial charge in [0.2, 0.25) is 0 Å². The van der Waals surface area contributed by atoms with Gasteiger partial charge in [-0.3, -0.25) is 0 Å². The Hall–Kier alpha value is -2.12. The topological polar surface area (TPSA) is 68.0 Å². The molecule has 0 aliphatic rings. The van der Waals surface area contributed by atoms with Crippen molar-refractivity contribution in [3.8, 4) is 0 Å².